The first-order valence-corrected chi connectivity index (χ1v) is 6.11. The normalized spacial score (nSPS) is 11.1. The number of H-pyrrole nitrogens is 1. The Morgan fingerprint density at radius 3 is 2.88 bits per heavy atom. The quantitative estimate of drug-likeness (QED) is 0.668. The zero-order valence-corrected chi connectivity index (χ0v) is 10.2. The molecule has 0 radical (unpaired) electrons. The Morgan fingerprint density at radius 2 is 2.19 bits per heavy atom. The number of benzene rings is 1. The number of thiazole rings is 1. The molecule has 5 heteroatoms. The average molecular weight is 247 g/mol. The van der Waals surface area contributed by atoms with Crippen molar-refractivity contribution in [3.63, 3.8) is 0 Å². The summed E-state index contributed by atoms with van der Waals surface area (Å²) < 4.78 is 3.78. The van der Waals surface area contributed by atoms with Crippen LogP contribution in [0, 0.1) is 11.6 Å². The molecule has 3 rings (SSSR count). The van der Waals surface area contributed by atoms with Gasteiger partial charge in [-0.3, -0.25) is 5.10 Å². The van der Waals surface area contributed by atoms with Crippen molar-refractivity contribution >= 4 is 33.8 Å². The molecule has 0 bridgehead atoms. The number of aromatic nitrogens is 3. The van der Waals surface area contributed by atoms with Gasteiger partial charge < -0.3 is 0 Å². The minimum atomic E-state index is 0.761. The van der Waals surface area contributed by atoms with Crippen LogP contribution >= 0.6 is 23.6 Å². The summed E-state index contributed by atoms with van der Waals surface area (Å²) in [5, 5.41) is 4.07. The molecule has 0 saturated heterocycles. The number of nitrogens with one attached hydrogen (secondary N) is 1. The van der Waals surface area contributed by atoms with E-state index in [1.165, 1.54) is 4.70 Å². The number of nitrogens with zero attached hydrogens (tertiary/aromatic N) is 2. The van der Waals surface area contributed by atoms with Crippen molar-refractivity contribution in [2.45, 2.75) is 6.92 Å². The molecule has 2 heterocycles. The fraction of sp³-hybridized carbons (Fsp3) is 0.0909. The van der Waals surface area contributed by atoms with Crippen molar-refractivity contribution in [3.8, 4) is 5.13 Å². The van der Waals surface area contributed by atoms with Gasteiger partial charge in [0.1, 0.15) is 4.64 Å². The molecule has 16 heavy (non-hydrogen) atoms. The lowest BCUT2D eigenvalue weighted by molar-refractivity contribution is 0.846. The molecule has 80 valence electrons. The van der Waals surface area contributed by atoms with Gasteiger partial charge in [0.25, 0.3) is 0 Å². The molecule has 0 atom stereocenters. The topological polar surface area (TPSA) is 33.6 Å². The first-order chi connectivity index (χ1) is 7.74. The number of fused-ring (bicyclic) bond motifs is 1. The Balaban J connectivity index is 2.26. The number of aryl methyl sites for hydroxylation is 1. The second-order valence-corrected chi connectivity index (χ2v) is 5.00. The van der Waals surface area contributed by atoms with Crippen LogP contribution in [0.15, 0.2) is 30.3 Å². The molecule has 0 aliphatic rings. The molecular weight excluding hydrogens is 238 g/mol. The highest BCUT2D eigenvalue weighted by atomic mass is 32.1. The van der Waals surface area contributed by atoms with Crippen LogP contribution in [0.2, 0.25) is 0 Å². The van der Waals surface area contributed by atoms with Gasteiger partial charge in [0, 0.05) is 5.69 Å². The summed E-state index contributed by atoms with van der Waals surface area (Å²) in [5.74, 6) is 0. The molecule has 0 amide bonds. The Bertz CT molecular complexity index is 672. The fourth-order valence-corrected chi connectivity index (χ4v) is 2.92. The number of hydrogen-bond acceptors (Lipinski definition) is 3. The Hall–Kier alpha value is -1.46. The predicted octanol–water partition coefficient (Wildman–Crippen LogP) is 3.45. The first kappa shape index (κ1) is 9.74. The van der Waals surface area contributed by atoms with Crippen molar-refractivity contribution in [2.75, 3.05) is 0 Å². The van der Waals surface area contributed by atoms with Crippen LogP contribution in [-0.4, -0.2) is 14.8 Å². The Kier molecular flexibility index (Phi) is 2.15. The van der Waals surface area contributed by atoms with E-state index in [9.17, 15) is 0 Å². The first-order valence-electron chi connectivity index (χ1n) is 4.89. The van der Waals surface area contributed by atoms with Crippen LogP contribution in [0.1, 0.15) is 5.69 Å². The largest absolute Gasteiger partial charge is 0.295 e. The molecule has 3 nitrogen and oxygen atoms in total. The van der Waals surface area contributed by atoms with E-state index in [2.05, 4.69) is 16.1 Å². The molecule has 0 fully saturated rings. The smallest absolute Gasteiger partial charge is 0.210 e. The molecule has 0 saturated carbocycles. The molecule has 1 aromatic carbocycles. The molecule has 1 N–H and O–H groups in total. The summed E-state index contributed by atoms with van der Waals surface area (Å²) in [7, 11) is 0. The molecule has 0 aliphatic carbocycles. The maximum atomic E-state index is 5.26. The highest BCUT2D eigenvalue weighted by molar-refractivity contribution is 7.71. The van der Waals surface area contributed by atoms with E-state index < -0.39 is 0 Å². The van der Waals surface area contributed by atoms with E-state index in [1.54, 1.807) is 11.3 Å². The van der Waals surface area contributed by atoms with E-state index in [0.29, 0.717) is 0 Å². The van der Waals surface area contributed by atoms with Gasteiger partial charge in [-0.2, -0.15) is 0 Å². The van der Waals surface area contributed by atoms with E-state index in [0.717, 1.165) is 21.0 Å². The monoisotopic (exact) mass is 247 g/mol. The highest BCUT2D eigenvalue weighted by Gasteiger charge is 2.06. The van der Waals surface area contributed by atoms with E-state index in [4.69, 9.17) is 12.2 Å². The van der Waals surface area contributed by atoms with Crippen LogP contribution in [0.5, 0.6) is 0 Å². The van der Waals surface area contributed by atoms with E-state index in [1.807, 2.05) is 35.9 Å². The third kappa shape index (κ3) is 1.48. The van der Waals surface area contributed by atoms with Crippen molar-refractivity contribution in [2.24, 2.45) is 0 Å². The van der Waals surface area contributed by atoms with Crippen LogP contribution < -0.4 is 0 Å². The highest BCUT2D eigenvalue weighted by Crippen LogP contribution is 2.24. The van der Waals surface area contributed by atoms with Gasteiger partial charge in [0.05, 0.1) is 10.2 Å². The lowest BCUT2D eigenvalue weighted by atomic mass is 10.3. The minimum absolute atomic E-state index is 0.761. The Labute approximate surface area is 101 Å². The lowest BCUT2D eigenvalue weighted by Crippen LogP contribution is -1.95. The zero-order valence-electron chi connectivity index (χ0n) is 8.60. The summed E-state index contributed by atoms with van der Waals surface area (Å²) >= 11 is 6.89. The second-order valence-electron chi connectivity index (χ2n) is 3.58. The zero-order chi connectivity index (χ0) is 11.1. The van der Waals surface area contributed by atoms with Gasteiger partial charge in [0.15, 0.2) is 0 Å². The van der Waals surface area contributed by atoms with Crippen molar-refractivity contribution in [1.29, 1.82) is 0 Å². The second kappa shape index (κ2) is 3.54. The maximum Gasteiger partial charge on any atom is 0.210 e. The molecule has 2 aromatic heterocycles. The van der Waals surface area contributed by atoms with Gasteiger partial charge in [-0.15, -0.1) is 0 Å². The number of hydrogen-bond donors (Lipinski definition) is 1. The molecule has 0 aliphatic heterocycles. The SMILES string of the molecule is Cc1cc(=S)n(-c2nc3ccccc3s2)[nH]1. The number of para-hydroxylation sites is 1. The van der Waals surface area contributed by atoms with Gasteiger partial charge in [-0.05, 0) is 25.1 Å². The third-order valence-electron chi connectivity index (χ3n) is 2.32. The maximum absolute atomic E-state index is 5.26. The lowest BCUT2D eigenvalue weighted by Gasteiger charge is -1.94. The van der Waals surface area contributed by atoms with Gasteiger partial charge in [0.2, 0.25) is 5.13 Å². The van der Waals surface area contributed by atoms with E-state index >= 15 is 0 Å². The fourth-order valence-electron chi connectivity index (χ4n) is 1.61. The number of rotatable bonds is 1. The van der Waals surface area contributed by atoms with Crippen molar-refractivity contribution in [3.05, 3.63) is 40.7 Å². The summed E-state index contributed by atoms with van der Waals surface area (Å²) in [6.45, 7) is 1.99. The predicted molar refractivity (Wildman–Crippen MR) is 68.9 cm³/mol. The van der Waals surface area contributed by atoms with Gasteiger partial charge in [-0.1, -0.05) is 35.7 Å². The molecule has 0 spiro atoms. The third-order valence-corrected chi connectivity index (χ3v) is 3.64. The summed E-state index contributed by atoms with van der Waals surface area (Å²) in [4.78, 5) is 4.54. The standard InChI is InChI=1S/C11H9N3S2/c1-7-6-10(15)14(13-7)11-12-8-4-2-3-5-9(8)16-11/h2-6,13H,1H3. The average Bonchev–Trinajstić information content (AvgIpc) is 2.81. The molecule has 0 unspecified atom stereocenters. The molecule has 3 aromatic rings. The minimum Gasteiger partial charge on any atom is -0.295 e. The van der Waals surface area contributed by atoms with Crippen molar-refractivity contribution in [1.82, 2.24) is 14.8 Å². The van der Waals surface area contributed by atoms with Crippen LogP contribution in [0.3, 0.4) is 0 Å². The summed E-state index contributed by atoms with van der Waals surface area (Å²) in [6, 6.07) is 10.0. The van der Waals surface area contributed by atoms with Crippen LogP contribution in [0.25, 0.3) is 15.3 Å². The molecular formula is C11H9N3S2. The van der Waals surface area contributed by atoms with E-state index in [-0.39, 0.29) is 0 Å². The summed E-state index contributed by atoms with van der Waals surface area (Å²) in [5.41, 5.74) is 2.06. The van der Waals surface area contributed by atoms with Crippen LogP contribution in [-0.2, 0) is 0 Å². The van der Waals surface area contributed by atoms with Gasteiger partial charge >= 0.3 is 0 Å². The Morgan fingerprint density at radius 1 is 1.38 bits per heavy atom. The van der Waals surface area contributed by atoms with Crippen LogP contribution in [0.4, 0.5) is 0 Å². The summed E-state index contributed by atoms with van der Waals surface area (Å²) in [6.07, 6.45) is 0. The van der Waals surface area contributed by atoms with Gasteiger partial charge in [-0.25, -0.2) is 9.67 Å². The number of aromatic amines is 1. The van der Waals surface area contributed by atoms with Crippen molar-refractivity contribution < 1.29 is 0 Å².